The Kier molecular flexibility index (Phi) is 5.68. The van der Waals surface area contributed by atoms with Crippen molar-refractivity contribution in [2.24, 2.45) is 0 Å². The summed E-state index contributed by atoms with van der Waals surface area (Å²) < 4.78 is 17.9. The number of carbonyl (C=O) groups excluding carboxylic acids is 1. The molecule has 0 saturated heterocycles. The van der Waals surface area contributed by atoms with E-state index in [4.69, 9.17) is 16.0 Å². The first kappa shape index (κ1) is 17.5. The van der Waals surface area contributed by atoms with Crippen molar-refractivity contribution in [3.8, 4) is 0 Å². The lowest BCUT2D eigenvalue weighted by molar-refractivity contribution is 0.0921. The van der Waals surface area contributed by atoms with E-state index in [0.29, 0.717) is 22.2 Å². The van der Waals surface area contributed by atoms with Crippen LogP contribution in [0.15, 0.2) is 76.0 Å². The number of furan rings is 1. The molecule has 0 bridgehead atoms. The van der Waals surface area contributed by atoms with E-state index in [0.717, 1.165) is 5.56 Å². The van der Waals surface area contributed by atoms with Crippen molar-refractivity contribution in [1.82, 2.24) is 5.32 Å². The van der Waals surface area contributed by atoms with Crippen molar-refractivity contribution >= 4 is 28.3 Å². The van der Waals surface area contributed by atoms with Crippen LogP contribution in [-0.2, 0) is 23.1 Å². The van der Waals surface area contributed by atoms with Gasteiger partial charge in [0.2, 0.25) is 0 Å². The molecule has 2 aromatic carbocycles. The molecular weight excluding hydrogens is 358 g/mol. The normalized spacial score (nSPS) is 11.9. The average molecular weight is 374 g/mol. The number of benzene rings is 2. The number of halogens is 1. The van der Waals surface area contributed by atoms with Crippen molar-refractivity contribution in [1.29, 1.82) is 0 Å². The summed E-state index contributed by atoms with van der Waals surface area (Å²) in [5, 5.41) is 3.33. The highest BCUT2D eigenvalue weighted by Crippen LogP contribution is 2.18. The van der Waals surface area contributed by atoms with Crippen LogP contribution in [0.25, 0.3) is 0 Å². The highest BCUT2D eigenvalue weighted by Gasteiger charge is 2.13. The standard InChI is InChI=1S/C19H16ClNO3S/c20-15-7-4-8-17(11-15)25(23)13-16-9-10-18(24-16)19(22)21-12-14-5-2-1-3-6-14/h1-11H,12-13H2,(H,21,22)/t25-/m0/s1. The van der Waals surface area contributed by atoms with Crippen LogP contribution in [0.2, 0.25) is 5.02 Å². The van der Waals surface area contributed by atoms with Gasteiger partial charge in [-0.15, -0.1) is 0 Å². The molecule has 25 heavy (non-hydrogen) atoms. The molecule has 1 N–H and O–H groups in total. The predicted molar refractivity (Wildman–Crippen MR) is 97.9 cm³/mol. The molecule has 0 spiro atoms. The van der Waals surface area contributed by atoms with Gasteiger partial charge in [0.05, 0.1) is 16.6 Å². The third-order valence-corrected chi connectivity index (χ3v) is 5.08. The molecule has 3 aromatic rings. The van der Waals surface area contributed by atoms with Gasteiger partial charge in [-0.05, 0) is 35.9 Å². The monoisotopic (exact) mass is 373 g/mol. The minimum atomic E-state index is -1.29. The Labute approximate surface area is 153 Å². The molecule has 4 nitrogen and oxygen atoms in total. The third-order valence-electron chi connectivity index (χ3n) is 3.51. The second-order valence-corrected chi connectivity index (χ2v) is 7.27. The number of nitrogens with one attached hydrogen (secondary N) is 1. The molecule has 1 atom stereocenters. The number of hydrogen-bond acceptors (Lipinski definition) is 3. The Hall–Kier alpha value is -2.37. The number of rotatable bonds is 6. The molecule has 3 rings (SSSR count). The van der Waals surface area contributed by atoms with Gasteiger partial charge in [0.15, 0.2) is 5.76 Å². The summed E-state index contributed by atoms with van der Waals surface area (Å²) in [6.45, 7) is 0.421. The smallest absolute Gasteiger partial charge is 0.287 e. The van der Waals surface area contributed by atoms with Crippen LogP contribution in [0.1, 0.15) is 21.9 Å². The third kappa shape index (κ3) is 4.81. The van der Waals surface area contributed by atoms with Crippen LogP contribution >= 0.6 is 11.6 Å². The molecule has 0 radical (unpaired) electrons. The number of hydrogen-bond donors (Lipinski definition) is 1. The Morgan fingerprint density at radius 3 is 2.60 bits per heavy atom. The Balaban J connectivity index is 1.60. The van der Waals surface area contributed by atoms with E-state index >= 15 is 0 Å². The first-order valence-corrected chi connectivity index (χ1v) is 9.36. The molecule has 0 aliphatic rings. The summed E-state index contributed by atoms with van der Waals surface area (Å²) in [7, 11) is -1.29. The number of carbonyl (C=O) groups is 1. The van der Waals surface area contributed by atoms with Gasteiger partial charge in [-0.2, -0.15) is 0 Å². The van der Waals surface area contributed by atoms with Crippen LogP contribution in [0, 0.1) is 0 Å². The van der Waals surface area contributed by atoms with E-state index in [1.54, 1.807) is 36.4 Å². The van der Waals surface area contributed by atoms with Crippen molar-refractivity contribution in [2.75, 3.05) is 0 Å². The van der Waals surface area contributed by atoms with E-state index in [2.05, 4.69) is 5.32 Å². The van der Waals surface area contributed by atoms with Gasteiger partial charge in [-0.3, -0.25) is 9.00 Å². The number of amides is 1. The Morgan fingerprint density at radius 2 is 1.84 bits per heavy atom. The lowest BCUT2D eigenvalue weighted by Gasteiger charge is -2.03. The molecule has 0 saturated carbocycles. The summed E-state index contributed by atoms with van der Waals surface area (Å²) in [5.41, 5.74) is 1.00. The Morgan fingerprint density at radius 1 is 1.04 bits per heavy atom. The van der Waals surface area contributed by atoms with E-state index < -0.39 is 10.8 Å². The summed E-state index contributed by atoms with van der Waals surface area (Å²) in [6, 6.07) is 19.8. The minimum Gasteiger partial charge on any atom is -0.455 e. The first-order chi connectivity index (χ1) is 12.1. The van der Waals surface area contributed by atoms with Gasteiger partial charge in [-0.25, -0.2) is 0 Å². The van der Waals surface area contributed by atoms with Gasteiger partial charge in [0, 0.05) is 16.5 Å². The van der Waals surface area contributed by atoms with Gasteiger partial charge < -0.3 is 9.73 Å². The molecule has 1 amide bonds. The maximum atomic E-state index is 12.3. The quantitative estimate of drug-likeness (QED) is 0.705. The fourth-order valence-corrected chi connectivity index (χ4v) is 3.59. The molecule has 0 aliphatic heterocycles. The van der Waals surface area contributed by atoms with Crippen molar-refractivity contribution in [3.63, 3.8) is 0 Å². The van der Waals surface area contributed by atoms with E-state index in [9.17, 15) is 9.00 Å². The molecule has 6 heteroatoms. The average Bonchev–Trinajstić information content (AvgIpc) is 3.09. The zero-order chi connectivity index (χ0) is 17.6. The first-order valence-electron chi connectivity index (χ1n) is 7.66. The molecule has 0 aliphatic carbocycles. The molecule has 128 valence electrons. The van der Waals surface area contributed by atoms with E-state index in [-0.39, 0.29) is 17.4 Å². The van der Waals surface area contributed by atoms with E-state index in [1.807, 2.05) is 30.3 Å². The van der Waals surface area contributed by atoms with Crippen LogP contribution in [0.4, 0.5) is 0 Å². The molecule has 1 aromatic heterocycles. The highest BCUT2D eigenvalue weighted by atomic mass is 35.5. The lowest BCUT2D eigenvalue weighted by atomic mass is 10.2. The summed E-state index contributed by atoms with van der Waals surface area (Å²) >= 11 is 5.91. The topological polar surface area (TPSA) is 59.3 Å². The molecule has 0 unspecified atom stereocenters. The summed E-state index contributed by atoms with van der Waals surface area (Å²) in [5.74, 6) is 0.576. The fraction of sp³-hybridized carbons (Fsp3) is 0.105. The fourth-order valence-electron chi connectivity index (χ4n) is 2.26. The second kappa shape index (κ2) is 8.14. The zero-order valence-corrected chi connectivity index (χ0v) is 14.8. The molecular formula is C19H16ClNO3S. The lowest BCUT2D eigenvalue weighted by Crippen LogP contribution is -2.22. The van der Waals surface area contributed by atoms with E-state index in [1.165, 1.54) is 0 Å². The van der Waals surface area contributed by atoms with Crippen molar-refractivity contribution in [2.45, 2.75) is 17.2 Å². The van der Waals surface area contributed by atoms with Crippen molar-refractivity contribution < 1.29 is 13.4 Å². The van der Waals surface area contributed by atoms with Gasteiger partial charge in [-0.1, -0.05) is 48.0 Å². The van der Waals surface area contributed by atoms with Crippen LogP contribution in [0.3, 0.4) is 0 Å². The van der Waals surface area contributed by atoms with Crippen LogP contribution in [-0.4, -0.2) is 10.1 Å². The van der Waals surface area contributed by atoms with Gasteiger partial charge >= 0.3 is 0 Å². The maximum absolute atomic E-state index is 12.3. The minimum absolute atomic E-state index is 0.187. The SMILES string of the molecule is O=C(NCc1ccccc1)c1ccc(C[S@](=O)c2cccc(Cl)c2)o1. The Bertz CT molecular complexity index is 892. The van der Waals surface area contributed by atoms with Crippen LogP contribution < -0.4 is 5.32 Å². The molecule has 1 heterocycles. The van der Waals surface area contributed by atoms with Crippen molar-refractivity contribution in [3.05, 3.63) is 88.8 Å². The highest BCUT2D eigenvalue weighted by molar-refractivity contribution is 7.84. The summed E-state index contributed by atoms with van der Waals surface area (Å²) in [6.07, 6.45) is 0. The van der Waals surface area contributed by atoms with Gasteiger partial charge in [0.1, 0.15) is 5.76 Å². The van der Waals surface area contributed by atoms with Crippen LogP contribution in [0.5, 0.6) is 0 Å². The maximum Gasteiger partial charge on any atom is 0.287 e. The molecule has 0 fully saturated rings. The van der Waals surface area contributed by atoms with Gasteiger partial charge in [0.25, 0.3) is 5.91 Å². The zero-order valence-electron chi connectivity index (χ0n) is 13.3. The second-order valence-electron chi connectivity index (χ2n) is 5.38. The predicted octanol–water partition coefficient (Wildman–Crippen LogP) is 4.17. The summed E-state index contributed by atoms with van der Waals surface area (Å²) in [4.78, 5) is 12.8. The largest absolute Gasteiger partial charge is 0.455 e.